The van der Waals surface area contributed by atoms with Crippen LogP contribution >= 0.6 is 11.6 Å². The zero-order valence-corrected chi connectivity index (χ0v) is 14.1. The minimum Gasteiger partial charge on any atom is -0.337 e. The van der Waals surface area contributed by atoms with Crippen LogP contribution < -0.4 is 0 Å². The second-order valence-corrected chi connectivity index (χ2v) is 6.57. The third kappa shape index (κ3) is 3.39. The van der Waals surface area contributed by atoms with Gasteiger partial charge >= 0.3 is 0 Å². The summed E-state index contributed by atoms with van der Waals surface area (Å²) < 4.78 is 5.42. The first kappa shape index (κ1) is 16.0. The number of hydrogen-bond acceptors (Lipinski definition) is 4. The van der Waals surface area contributed by atoms with Crippen molar-refractivity contribution in [1.29, 1.82) is 0 Å². The zero-order chi connectivity index (χ0) is 16.4. The maximum absolute atomic E-state index is 12.3. The summed E-state index contributed by atoms with van der Waals surface area (Å²) in [6.45, 7) is 4.58. The van der Waals surface area contributed by atoms with E-state index in [9.17, 15) is 4.79 Å². The molecule has 1 amide bonds. The molecule has 0 radical (unpaired) electrons. The van der Waals surface area contributed by atoms with Crippen LogP contribution in [-0.2, 0) is 11.2 Å². The first-order valence-electron chi connectivity index (χ1n) is 7.92. The van der Waals surface area contributed by atoms with Gasteiger partial charge < -0.3 is 9.42 Å². The van der Waals surface area contributed by atoms with Crippen LogP contribution in [0.15, 0.2) is 28.8 Å². The molecule has 1 aromatic carbocycles. The van der Waals surface area contributed by atoms with Crippen LogP contribution in [0.4, 0.5) is 0 Å². The highest BCUT2D eigenvalue weighted by atomic mass is 35.5. The fourth-order valence-electron chi connectivity index (χ4n) is 2.91. The molecule has 2 aromatic rings. The predicted octanol–water partition coefficient (Wildman–Crippen LogP) is 3.63. The van der Waals surface area contributed by atoms with Gasteiger partial charge in [0.2, 0.25) is 11.8 Å². The number of rotatable bonds is 4. The summed E-state index contributed by atoms with van der Waals surface area (Å²) in [5.74, 6) is 1.23. The largest absolute Gasteiger partial charge is 0.337 e. The summed E-state index contributed by atoms with van der Waals surface area (Å²) in [6.07, 6.45) is 2.35. The Balaban J connectivity index is 1.76. The monoisotopic (exact) mass is 333 g/mol. The quantitative estimate of drug-likeness (QED) is 0.857. The van der Waals surface area contributed by atoms with E-state index >= 15 is 0 Å². The summed E-state index contributed by atoms with van der Waals surface area (Å²) >= 11 is 6.17. The molecular weight excluding hydrogens is 314 g/mol. The first-order chi connectivity index (χ1) is 11.1. The van der Waals surface area contributed by atoms with E-state index in [1.165, 1.54) is 0 Å². The van der Waals surface area contributed by atoms with E-state index in [1.54, 1.807) is 0 Å². The number of benzene rings is 1. The normalized spacial score (nSPS) is 17.9. The molecule has 23 heavy (non-hydrogen) atoms. The highest BCUT2D eigenvalue weighted by Crippen LogP contribution is 2.32. The third-order valence-electron chi connectivity index (χ3n) is 4.11. The number of halogens is 1. The van der Waals surface area contributed by atoms with Crippen molar-refractivity contribution in [2.45, 2.75) is 39.2 Å². The minimum absolute atomic E-state index is 0.0267. The summed E-state index contributed by atoms with van der Waals surface area (Å²) in [7, 11) is 0. The lowest BCUT2D eigenvalue weighted by atomic mass is 10.1. The molecule has 0 bridgehead atoms. The van der Waals surface area contributed by atoms with Gasteiger partial charge in [0.25, 0.3) is 0 Å². The molecule has 1 unspecified atom stereocenters. The van der Waals surface area contributed by atoms with Crippen LogP contribution in [0.3, 0.4) is 0 Å². The molecule has 5 nitrogen and oxygen atoms in total. The Kier molecular flexibility index (Phi) is 4.66. The Morgan fingerprint density at radius 1 is 1.43 bits per heavy atom. The van der Waals surface area contributed by atoms with Crippen molar-refractivity contribution in [2.24, 2.45) is 5.92 Å². The van der Waals surface area contributed by atoms with E-state index in [0.717, 1.165) is 24.9 Å². The third-order valence-corrected chi connectivity index (χ3v) is 4.47. The molecule has 1 aromatic heterocycles. The number of nitrogens with zero attached hydrogens (tertiary/aromatic N) is 3. The lowest BCUT2D eigenvalue weighted by Crippen LogP contribution is -2.33. The summed E-state index contributed by atoms with van der Waals surface area (Å²) in [4.78, 5) is 18.6. The minimum atomic E-state index is -0.0996. The molecule has 0 saturated carbocycles. The van der Waals surface area contributed by atoms with Gasteiger partial charge in [-0.25, -0.2) is 0 Å². The van der Waals surface area contributed by atoms with Crippen molar-refractivity contribution in [3.05, 3.63) is 46.6 Å². The molecule has 0 aliphatic carbocycles. The van der Waals surface area contributed by atoms with Crippen LogP contribution in [0.5, 0.6) is 0 Å². The van der Waals surface area contributed by atoms with E-state index < -0.39 is 0 Å². The Morgan fingerprint density at radius 3 is 2.96 bits per heavy atom. The van der Waals surface area contributed by atoms with Crippen molar-refractivity contribution in [2.75, 3.05) is 6.54 Å². The van der Waals surface area contributed by atoms with Crippen LogP contribution in [0.2, 0.25) is 5.02 Å². The Labute approximate surface area is 140 Å². The van der Waals surface area contributed by atoms with Gasteiger partial charge in [0.05, 0.1) is 0 Å². The molecule has 1 saturated heterocycles. The highest BCUT2D eigenvalue weighted by Gasteiger charge is 2.34. The van der Waals surface area contributed by atoms with Gasteiger partial charge in [-0.2, -0.15) is 4.98 Å². The number of hydrogen-bond donors (Lipinski definition) is 0. The summed E-state index contributed by atoms with van der Waals surface area (Å²) in [6, 6.07) is 7.52. The smallest absolute Gasteiger partial charge is 0.249 e. The first-order valence-corrected chi connectivity index (χ1v) is 8.30. The zero-order valence-electron chi connectivity index (χ0n) is 13.3. The molecule has 2 heterocycles. The molecule has 1 fully saturated rings. The fraction of sp³-hybridized carbons (Fsp3) is 0.471. The summed E-state index contributed by atoms with van der Waals surface area (Å²) in [5.41, 5.74) is 0.961. The van der Waals surface area contributed by atoms with Gasteiger partial charge in [-0.3, -0.25) is 4.79 Å². The Hall–Kier alpha value is -1.88. The van der Waals surface area contributed by atoms with Crippen molar-refractivity contribution in [3.63, 3.8) is 0 Å². The van der Waals surface area contributed by atoms with E-state index in [2.05, 4.69) is 10.1 Å². The van der Waals surface area contributed by atoms with Gasteiger partial charge in [0.1, 0.15) is 6.04 Å². The molecule has 6 heteroatoms. The maximum Gasteiger partial charge on any atom is 0.249 e. The van der Waals surface area contributed by atoms with E-state index in [1.807, 2.05) is 43.0 Å². The van der Waals surface area contributed by atoms with Gasteiger partial charge in [-0.1, -0.05) is 48.8 Å². The maximum atomic E-state index is 12.3. The SMILES string of the molecule is CC(C)C(=O)N1CCCC1c1nc(Cc2ccccc2Cl)no1. The lowest BCUT2D eigenvalue weighted by Gasteiger charge is -2.23. The number of amides is 1. The van der Waals surface area contributed by atoms with Crippen LogP contribution in [-0.4, -0.2) is 27.5 Å². The fourth-order valence-corrected chi connectivity index (χ4v) is 3.11. The number of aromatic nitrogens is 2. The molecule has 0 N–H and O–H groups in total. The standard InChI is InChI=1S/C17H20ClN3O2/c1-11(2)17(22)21-9-5-8-14(21)16-19-15(20-23-16)10-12-6-3-4-7-13(12)18/h3-4,6-7,11,14H,5,8-10H2,1-2H3. The molecule has 0 spiro atoms. The molecule has 1 atom stereocenters. The van der Waals surface area contributed by atoms with E-state index in [0.29, 0.717) is 23.2 Å². The number of carbonyl (C=O) groups excluding carboxylic acids is 1. The van der Waals surface area contributed by atoms with Gasteiger partial charge in [0, 0.05) is 23.9 Å². The van der Waals surface area contributed by atoms with E-state index in [4.69, 9.17) is 16.1 Å². The summed E-state index contributed by atoms with van der Waals surface area (Å²) in [5, 5.41) is 4.74. The van der Waals surface area contributed by atoms with Gasteiger partial charge in [-0.05, 0) is 24.5 Å². The van der Waals surface area contributed by atoms with Crippen molar-refractivity contribution < 1.29 is 9.32 Å². The molecular formula is C17H20ClN3O2. The predicted molar refractivity (Wildman–Crippen MR) is 87.1 cm³/mol. The Bertz CT molecular complexity index is 699. The Morgan fingerprint density at radius 2 is 2.22 bits per heavy atom. The van der Waals surface area contributed by atoms with E-state index in [-0.39, 0.29) is 17.9 Å². The van der Waals surface area contributed by atoms with Crippen molar-refractivity contribution in [3.8, 4) is 0 Å². The van der Waals surface area contributed by atoms with Crippen molar-refractivity contribution >= 4 is 17.5 Å². The van der Waals surface area contributed by atoms with Crippen LogP contribution in [0.1, 0.15) is 50.0 Å². The molecule has 1 aliphatic rings. The van der Waals surface area contributed by atoms with Crippen LogP contribution in [0, 0.1) is 5.92 Å². The van der Waals surface area contributed by atoms with Crippen LogP contribution in [0.25, 0.3) is 0 Å². The molecule has 3 rings (SSSR count). The second kappa shape index (κ2) is 6.71. The number of carbonyl (C=O) groups is 1. The highest BCUT2D eigenvalue weighted by molar-refractivity contribution is 6.31. The van der Waals surface area contributed by atoms with Gasteiger partial charge in [-0.15, -0.1) is 0 Å². The second-order valence-electron chi connectivity index (χ2n) is 6.16. The molecule has 122 valence electrons. The van der Waals surface area contributed by atoms with Gasteiger partial charge in [0.15, 0.2) is 5.82 Å². The lowest BCUT2D eigenvalue weighted by molar-refractivity contribution is -0.135. The topological polar surface area (TPSA) is 59.2 Å². The number of likely N-dealkylation sites (tertiary alicyclic amines) is 1. The molecule has 1 aliphatic heterocycles. The van der Waals surface area contributed by atoms with Crippen molar-refractivity contribution in [1.82, 2.24) is 15.0 Å². The average molecular weight is 334 g/mol. The average Bonchev–Trinajstić information content (AvgIpc) is 3.17.